The summed E-state index contributed by atoms with van der Waals surface area (Å²) in [6.07, 6.45) is 2.36. The summed E-state index contributed by atoms with van der Waals surface area (Å²) in [7, 11) is 0. The number of aromatic nitrogens is 3. The highest BCUT2D eigenvalue weighted by Crippen LogP contribution is 2.21. The first-order valence-electron chi connectivity index (χ1n) is 5.61. The van der Waals surface area contributed by atoms with Crippen LogP contribution in [0.2, 0.25) is 0 Å². The van der Waals surface area contributed by atoms with Crippen molar-refractivity contribution in [1.82, 2.24) is 15.0 Å². The van der Waals surface area contributed by atoms with E-state index < -0.39 is 0 Å². The molecule has 0 bridgehead atoms. The Morgan fingerprint density at radius 2 is 2.28 bits per heavy atom. The van der Waals surface area contributed by atoms with Crippen LogP contribution in [0.25, 0.3) is 0 Å². The Balaban J connectivity index is 2.38. The molecule has 0 saturated carbocycles. The highest BCUT2D eigenvalue weighted by Gasteiger charge is 2.17. The highest BCUT2D eigenvalue weighted by atomic mass is 79.9. The molecule has 1 aromatic carbocycles. The number of carbonyl (C=O) groups is 1. The molecule has 1 heterocycles. The van der Waals surface area contributed by atoms with Crippen LogP contribution >= 0.6 is 15.9 Å². The van der Waals surface area contributed by atoms with Crippen molar-refractivity contribution >= 4 is 27.4 Å². The molecule has 0 spiro atoms. The lowest BCUT2D eigenvalue weighted by Gasteiger charge is -2.06. The van der Waals surface area contributed by atoms with Crippen molar-refractivity contribution in [1.29, 1.82) is 0 Å². The van der Waals surface area contributed by atoms with E-state index >= 15 is 0 Å². The van der Waals surface area contributed by atoms with Crippen molar-refractivity contribution in [3.05, 3.63) is 40.1 Å². The van der Waals surface area contributed by atoms with E-state index in [9.17, 15) is 4.79 Å². The molecule has 0 aliphatic heterocycles. The number of ketones is 1. The third-order valence-corrected chi connectivity index (χ3v) is 3.04. The summed E-state index contributed by atoms with van der Waals surface area (Å²) >= 11 is 3.31. The molecule has 2 N–H and O–H groups in total. The van der Waals surface area contributed by atoms with Gasteiger partial charge in [0.15, 0.2) is 0 Å². The van der Waals surface area contributed by atoms with E-state index in [1.807, 2.05) is 6.92 Å². The van der Waals surface area contributed by atoms with Crippen molar-refractivity contribution in [2.75, 3.05) is 5.73 Å². The third-order valence-electron chi connectivity index (χ3n) is 2.54. The molecule has 0 fully saturated rings. The number of benzene rings is 1. The van der Waals surface area contributed by atoms with Gasteiger partial charge in [0.2, 0.25) is 5.78 Å². The smallest absolute Gasteiger partial charge is 0.214 e. The predicted molar refractivity (Wildman–Crippen MR) is 72.3 cm³/mol. The van der Waals surface area contributed by atoms with Gasteiger partial charge in [-0.3, -0.25) is 4.79 Å². The normalized spacial score (nSPS) is 10.6. The number of rotatable bonds is 4. The molecular formula is C12H13BrN4O. The van der Waals surface area contributed by atoms with Crippen LogP contribution in [-0.2, 0) is 6.54 Å². The molecule has 6 heteroatoms. The van der Waals surface area contributed by atoms with Crippen molar-refractivity contribution in [3.63, 3.8) is 0 Å². The Kier molecular flexibility index (Phi) is 3.76. The minimum Gasteiger partial charge on any atom is -0.398 e. The summed E-state index contributed by atoms with van der Waals surface area (Å²) in [5, 5.41) is 7.67. The average molecular weight is 309 g/mol. The fourth-order valence-corrected chi connectivity index (χ4v) is 2.07. The maximum Gasteiger partial charge on any atom is 0.214 e. The second kappa shape index (κ2) is 5.30. The molecule has 0 atom stereocenters. The van der Waals surface area contributed by atoms with E-state index in [1.54, 1.807) is 22.9 Å². The molecule has 0 aliphatic rings. The van der Waals surface area contributed by atoms with Gasteiger partial charge in [0.25, 0.3) is 0 Å². The van der Waals surface area contributed by atoms with E-state index in [2.05, 4.69) is 26.2 Å². The van der Waals surface area contributed by atoms with Crippen molar-refractivity contribution in [3.8, 4) is 0 Å². The first kappa shape index (κ1) is 12.8. The quantitative estimate of drug-likeness (QED) is 0.694. The molecule has 94 valence electrons. The number of nitrogens with two attached hydrogens (primary N) is 1. The third kappa shape index (κ3) is 2.43. The lowest BCUT2D eigenvalue weighted by Crippen LogP contribution is -2.13. The predicted octanol–water partition coefficient (Wildman–Crippen LogP) is 2.26. The van der Waals surface area contributed by atoms with Gasteiger partial charge in [-0.1, -0.05) is 28.1 Å². The van der Waals surface area contributed by atoms with Crippen LogP contribution in [-0.4, -0.2) is 20.8 Å². The van der Waals surface area contributed by atoms with E-state index in [0.717, 1.165) is 10.9 Å². The lowest BCUT2D eigenvalue weighted by molar-refractivity contribution is 0.102. The molecule has 1 aromatic heterocycles. The Hall–Kier alpha value is -1.69. The Morgan fingerprint density at radius 1 is 1.50 bits per heavy atom. The second-order valence-electron chi connectivity index (χ2n) is 3.90. The number of nitrogens with zero attached hydrogens (tertiary/aromatic N) is 3. The summed E-state index contributed by atoms with van der Waals surface area (Å²) in [6, 6.07) is 5.20. The van der Waals surface area contributed by atoms with Gasteiger partial charge in [-0.05, 0) is 24.6 Å². The van der Waals surface area contributed by atoms with Crippen LogP contribution in [0.15, 0.2) is 28.9 Å². The van der Waals surface area contributed by atoms with Crippen molar-refractivity contribution in [2.24, 2.45) is 0 Å². The van der Waals surface area contributed by atoms with Crippen LogP contribution in [0.3, 0.4) is 0 Å². The van der Waals surface area contributed by atoms with Gasteiger partial charge in [-0.2, -0.15) is 0 Å². The second-order valence-corrected chi connectivity index (χ2v) is 4.82. The summed E-state index contributed by atoms with van der Waals surface area (Å²) < 4.78 is 2.45. The van der Waals surface area contributed by atoms with E-state index in [1.165, 1.54) is 6.20 Å². The van der Waals surface area contributed by atoms with Gasteiger partial charge in [-0.25, -0.2) is 4.68 Å². The lowest BCUT2D eigenvalue weighted by atomic mass is 10.1. The number of hydrogen-bond donors (Lipinski definition) is 1. The fourth-order valence-electron chi connectivity index (χ4n) is 1.69. The zero-order valence-electron chi connectivity index (χ0n) is 9.93. The number of nitrogen functional groups attached to an aromatic ring is 1. The number of carbonyl (C=O) groups excluding carboxylic acids is 1. The van der Waals surface area contributed by atoms with Crippen LogP contribution < -0.4 is 5.73 Å². The number of anilines is 1. The fraction of sp³-hybridized carbons (Fsp3) is 0.250. The maximum absolute atomic E-state index is 12.3. The van der Waals surface area contributed by atoms with Gasteiger partial charge in [-0.15, -0.1) is 5.10 Å². The standard InChI is InChI=1S/C12H13BrN4O/c1-2-5-17-11(7-15-16-17)12(18)9-4-3-8(13)6-10(9)14/h3-4,6-7H,2,5,14H2,1H3. The first-order valence-corrected chi connectivity index (χ1v) is 6.41. The highest BCUT2D eigenvalue weighted by molar-refractivity contribution is 9.10. The Morgan fingerprint density at radius 3 is 2.94 bits per heavy atom. The van der Waals surface area contributed by atoms with Crippen LogP contribution in [0, 0.1) is 0 Å². The van der Waals surface area contributed by atoms with Crippen LogP contribution in [0.1, 0.15) is 29.4 Å². The summed E-state index contributed by atoms with van der Waals surface area (Å²) in [5.41, 5.74) is 7.23. The largest absolute Gasteiger partial charge is 0.398 e. The van der Waals surface area contributed by atoms with Crippen molar-refractivity contribution < 1.29 is 4.79 Å². The molecule has 5 nitrogen and oxygen atoms in total. The van der Waals surface area contributed by atoms with Gasteiger partial charge >= 0.3 is 0 Å². The number of halogens is 1. The van der Waals surface area contributed by atoms with Crippen LogP contribution in [0.4, 0.5) is 5.69 Å². The SMILES string of the molecule is CCCn1nncc1C(=O)c1ccc(Br)cc1N. The minimum atomic E-state index is -0.154. The number of aryl methyl sites for hydroxylation is 1. The monoisotopic (exact) mass is 308 g/mol. The van der Waals surface area contributed by atoms with E-state index in [-0.39, 0.29) is 5.78 Å². The van der Waals surface area contributed by atoms with Gasteiger partial charge in [0, 0.05) is 22.3 Å². The zero-order valence-corrected chi connectivity index (χ0v) is 11.5. The molecule has 0 saturated heterocycles. The van der Waals surface area contributed by atoms with Crippen molar-refractivity contribution in [2.45, 2.75) is 19.9 Å². The summed E-state index contributed by atoms with van der Waals surface area (Å²) in [4.78, 5) is 12.3. The van der Waals surface area contributed by atoms with E-state index in [4.69, 9.17) is 5.73 Å². The molecule has 0 amide bonds. The molecule has 2 rings (SSSR count). The Bertz CT molecular complexity index is 579. The Labute approximate surface area is 113 Å². The first-order chi connectivity index (χ1) is 8.63. The average Bonchev–Trinajstić information content (AvgIpc) is 2.77. The molecule has 2 aromatic rings. The van der Waals surface area contributed by atoms with Gasteiger partial charge < -0.3 is 5.73 Å². The summed E-state index contributed by atoms with van der Waals surface area (Å²) in [6.45, 7) is 2.68. The minimum absolute atomic E-state index is 0.154. The molecule has 0 aliphatic carbocycles. The maximum atomic E-state index is 12.3. The van der Waals surface area contributed by atoms with E-state index in [0.29, 0.717) is 23.5 Å². The van der Waals surface area contributed by atoms with Gasteiger partial charge in [0.1, 0.15) is 5.69 Å². The molecule has 0 radical (unpaired) electrons. The van der Waals surface area contributed by atoms with Gasteiger partial charge in [0.05, 0.1) is 6.20 Å². The topological polar surface area (TPSA) is 73.8 Å². The molecular weight excluding hydrogens is 296 g/mol. The number of hydrogen-bond acceptors (Lipinski definition) is 4. The molecule has 0 unspecified atom stereocenters. The van der Waals surface area contributed by atoms with Crippen LogP contribution in [0.5, 0.6) is 0 Å². The summed E-state index contributed by atoms with van der Waals surface area (Å²) in [5.74, 6) is -0.154. The molecule has 18 heavy (non-hydrogen) atoms. The zero-order chi connectivity index (χ0) is 13.1.